The van der Waals surface area contributed by atoms with Gasteiger partial charge >= 0.3 is 0 Å². The molecule has 3 rings (SSSR count). The summed E-state index contributed by atoms with van der Waals surface area (Å²) < 4.78 is 0. The average molecular weight is 284 g/mol. The molecule has 0 spiro atoms. The molecule has 0 heterocycles. The summed E-state index contributed by atoms with van der Waals surface area (Å²) in [5.41, 5.74) is 1.10. The number of fused-ring (bicyclic) bond motifs is 1. The Balaban J connectivity index is 1.73. The van der Waals surface area contributed by atoms with Crippen molar-refractivity contribution in [2.45, 2.75) is 31.7 Å². The lowest BCUT2D eigenvalue weighted by Gasteiger charge is -2.25. The van der Waals surface area contributed by atoms with Crippen molar-refractivity contribution in [2.24, 2.45) is 17.8 Å². The molecule has 1 aromatic rings. The molecule has 3 unspecified atom stereocenters. The Morgan fingerprint density at radius 3 is 2.33 bits per heavy atom. The number of nitrogens with one attached hydrogen (secondary N) is 1. The summed E-state index contributed by atoms with van der Waals surface area (Å²) in [4.78, 5) is 0. The zero-order chi connectivity index (χ0) is 12.7. The van der Waals surface area contributed by atoms with Crippen LogP contribution in [0.1, 0.15) is 24.8 Å². The molecule has 2 aliphatic rings. The second kappa shape index (κ2) is 5.03. The molecule has 2 fully saturated rings. The second-order valence-electron chi connectivity index (χ2n) is 5.79. The molecule has 1 N–H and O–H groups in total. The van der Waals surface area contributed by atoms with Gasteiger partial charge in [0.1, 0.15) is 0 Å². The van der Waals surface area contributed by atoms with Crippen molar-refractivity contribution in [3.8, 4) is 0 Å². The second-order valence-corrected chi connectivity index (χ2v) is 6.60. The number of halogens is 2. The highest BCUT2D eigenvalue weighted by Crippen LogP contribution is 2.55. The Kier molecular flexibility index (Phi) is 3.57. The molecular weight excluding hydrogens is 265 g/mol. The highest BCUT2D eigenvalue weighted by Gasteiger charge is 2.47. The van der Waals surface area contributed by atoms with Crippen molar-refractivity contribution >= 4 is 23.2 Å². The lowest BCUT2D eigenvalue weighted by atomic mass is 9.90. The largest absolute Gasteiger partial charge is 0.316 e. The Labute approximate surface area is 119 Å². The van der Waals surface area contributed by atoms with Crippen LogP contribution in [-0.2, 0) is 6.42 Å². The summed E-state index contributed by atoms with van der Waals surface area (Å²) in [5.74, 6) is 2.84. The number of hydrogen-bond acceptors (Lipinski definition) is 1. The van der Waals surface area contributed by atoms with E-state index in [1.165, 1.54) is 19.3 Å². The van der Waals surface area contributed by atoms with Gasteiger partial charge in [-0.25, -0.2) is 0 Å². The summed E-state index contributed by atoms with van der Waals surface area (Å²) in [5, 5.41) is 5.07. The van der Waals surface area contributed by atoms with Gasteiger partial charge in [0.05, 0.1) is 0 Å². The molecule has 3 heteroatoms. The van der Waals surface area contributed by atoms with Gasteiger partial charge in [0.15, 0.2) is 0 Å². The molecule has 18 heavy (non-hydrogen) atoms. The first kappa shape index (κ1) is 12.8. The molecule has 0 amide bonds. The fourth-order valence-electron chi connectivity index (χ4n) is 3.54. The highest BCUT2D eigenvalue weighted by molar-refractivity contribution is 6.36. The Morgan fingerprint density at radius 1 is 1.17 bits per heavy atom. The number of hydrogen-bond donors (Lipinski definition) is 1. The molecule has 0 saturated heterocycles. The van der Waals surface area contributed by atoms with Crippen LogP contribution in [0.15, 0.2) is 18.2 Å². The predicted octanol–water partition coefficient (Wildman–Crippen LogP) is 4.17. The van der Waals surface area contributed by atoms with E-state index < -0.39 is 0 Å². The van der Waals surface area contributed by atoms with Crippen LogP contribution in [0.25, 0.3) is 0 Å². The fraction of sp³-hybridized carbons (Fsp3) is 0.600. The zero-order valence-electron chi connectivity index (χ0n) is 10.6. The third-order valence-electron chi connectivity index (χ3n) is 4.71. The van der Waals surface area contributed by atoms with Crippen LogP contribution >= 0.6 is 23.2 Å². The van der Waals surface area contributed by atoms with Gasteiger partial charge in [-0.1, -0.05) is 29.3 Å². The van der Waals surface area contributed by atoms with Gasteiger partial charge in [-0.15, -0.1) is 0 Å². The predicted molar refractivity (Wildman–Crippen MR) is 77.3 cm³/mol. The third kappa shape index (κ3) is 2.41. The Bertz CT molecular complexity index is 416. The highest BCUT2D eigenvalue weighted by atomic mass is 35.5. The van der Waals surface area contributed by atoms with Gasteiger partial charge in [0, 0.05) is 16.1 Å². The van der Waals surface area contributed by atoms with Crippen LogP contribution in [0.5, 0.6) is 0 Å². The van der Waals surface area contributed by atoms with Crippen molar-refractivity contribution in [1.29, 1.82) is 0 Å². The molecule has 0 bridgehead atoms. The van der Waals surface area contributed by atoms with Gasteiger partial charge in [-0.3, -0.25) is 0 Å². The van der Waals surface area contributed by atoms with Gasteiger partial charge in [0.2, 0.25) is 0 Å². The maximum absolute atomic E-state index is 6.26. The number of rotatable bonds is 4. The van der Waals surface area contributed by atoms with E-state index in [9.17, 15) is 0 Å². The van der Waals surface area contributed by atoms with Crippen molar-refractivity contribution in [1.82, 2.24) is 5.32 Å². The standard InChI is InChI=1S/C15H19Cl2N/c1-18-15(11-6-9-5-10(9)7-11)8-12-13(16)3-2-4-14(12)17/h2-4,9-11,15,18H,5-8H2,1H3. The van der Waals surface area contributed by atoms with Crippen LogP contribution in [-0.4, -0.2) is 13.1 Å². The van der Waals surface area contributed by atoms with Crippen molar-refractivity contribution < 1.29 is 0 Å². The summed E-state index contributed by atoms with van der Waals surface area (Å²) >= 11 is 12.5. The van der Waals surface area contributed by atoms with E-state index in [2.05, 4.69) is 12.4 Å². The zero-order valence-corrected chi connectivity index (χ0v) is 12.1. The molecule has 2 saturated carbocycles. The summed E-state index contributed by atoms with van der Waals surface area (Å²) in [6, 6.07) is 6.28. The van der Waals surface area contributed by atoms with Gasteiger partial charge in [-0.05, 0) is 68.2 Å². The van der Waals surface area contributed by atoms with Crippen LogP contribution in [0.3, 0.4) is 0 Å². The minimum absolute atomic E-state index is 0.509. The lowest BCUT2D eigenvalue weighted by molar-refractivity contribution is 0.349. The van der Waals surface area contributed by atoms with Crippen LogP contribution < -0.4 is 5.32 Å². The SMILES string of the molecule is CNC(Cc1c(Cl)cccc1Cl)C1CC2CC2C1. The normalized spacial score (nSPS) is 31.2. The average Bonchev–Trinajstić information content (AvgIpc) is 2.96. The smallest absolute Gasteiger partial charge is 0.0453 e. The summed E-state index contributed by atoms with van der Waals surface area (Å²) in [6.45, 7) is 0. The van der Waals surface area contributed by atoms with E-state index in [1.807, 2.05) is 18.2 Å². The quantitative estimate of drug-likeness (QED) is 0.875. The first-order chi connectivity index (χ1) is 8.69. The topological polar surface area (TPSA) is 12.0 Å². The van der Waals surface area contributed by atoms with Gasteiger partial charge < -0.3 is 5.32 Å². The van der Waals surface area contributed by atoms with E-state index in [4.69, 9.17) is 23.2 Å². The molecule has 0 aromatic heterocycles. The lowest BCUT2D eigenvalue weighted by Crippen LogP contribution is -2.35. The molecule has 1 aromatic carbocycles. The van der Waals surface area contributed by atoms with Crippen LogP contribution in [0.2, 0.25) is 10.0 Å². The molecular formula is C15H19Cl2N. The Morgan fingerprint density at radius 2 is 1.78 bits per heavy atom. The van der Waals surface area contributed by atoms with E-state index >= 15 is 0 Å². The fourth-order valence-corrected chi connectivity index (χ4v) is 4.09. The maximum Gasteiger partial charge on any atom is 0.0453 e. The van der Waals surface area contributed by atoms with Gasteiger partial charge in [0.25, 0.3) is 0 Å². The molecule has 98 valence electrons. The molecule has 0 radical (unpaired) electrons. The number of likely N-dealkylation sites (N-methyl/N-ethyl adjacent to an activating group) is 1. The maximum atomic E-state index is 6.26. The molecule has 1 nitrogen and oxygen atoms in total. The van der Waals surface area contributed by atoms with E-state index in [-0.39, 0.29) is 0 Å². The van der Waals surface area contributed by atoms with E-state index in [0.29, 0.717) is 6.04 Å². The van der Waals surface area contributed by atoms with Crippen LogP contribution in [0, 0.1) is 17.8 Å². The molecule has 2 aliphatic carbocycles. The monoisotopic (exact) mass is 283 g/mol. The summed E-state index contributed by atoms with van der Waals surface area (Å²) in [6.07, 6.45) is 5.19. The van der Waals surface area contributed by atoms with Crippen molar-refractivity contribution in [2.75, 3.05) is 7.05 Å². The minimum atomic E-state index is 0.509. The van der Waals surface area contributed by atoms with Crippen molar-refractivity contribution in [3.05, 3.63) is 33.8 Å². The van der Waals surface area contributed by atoms with Crippen LogP contribution in [0.4, 0.5) is 0 Å². The van der Waals surface area contributed by atoms with Gasteiger partial charge in [-0.2, -0.15) is 0 Å². The van der Waals surface area contributed by atoms with E-state index in [0.717, 1.165) is 39.8 Å². The van der Waals surface area contributed by atoms with Crippen molar-refractivity contribution in [3.63, 3.8) is 0 Å². The summed E-state index contributed by atoms with van der Waals surface area (Å²) in [7, 11) is 2.05. The molecule has 3 atom stereocenters. The van der Waals surface area contributed by atoms with E-state index in [1.54, 1.807) is 0 Å². The Hall–Kier alpha value is -0.240. The minimum Gasteiger partial charge on any atom is -0.316 e. The third-order valence-corrected chi connectivity index (χ3v) is 5.41. The first-order valence-corrected chi connectivity index (χ1v) is 7.54. The number of benzene rings is 1. The molecule has 0 aliphatic heterocycles. The first-order valence-electron chi connectivity index (χ1n) is 6.79.